The monoisotopic (exact) mass is 1760 g/mol. The highest BCUT2D eigenvalue weighted by atomic mass is 16.7. The average molecular weight is 1760 g/mol. The van der Waals surface area contributed by atoms with Crippen LogP contribution < -0.4 is 0 Å². The fourth-order valence-electron chi connectivity index (χ4n) is 34.8. The van der Waals surface area contributed by atoms with E-state index >= 15 is 0 Å². The van der Waals surface area contributed by atoms with Crippen molar-refractivity contribution in [2.45, 2.75) is 373 Å². The number of hydrogen-bond acceptors (Lipinski definition) is 19. The molecule has 20 aliphatic rings. The van der Waals surface area contributed by atoms with E-state index in [4.69, 9.17) is 56.8 Å². The number of fused-ring (bicyclic) bond motifs is 24. The van der Waals surface area contributed by atoms with Crippen LogP contribution in [0.3, 0.4) is 0 Å². The van der Waals surface area contributed by atoms with E-state index in [1.165, 1.54) is 57.8 Å². The Bertz CT molecular complexity index is 3810. The second kappa shape index (κ2) is 34.8. The number of carbonyl (C=O) groups excluding carboxylic acids is 5. The summed E-state index contributed by atoms with van der Waals surface area (Å²) in [6, 6.07) is 0. The highest BCUT2D eigenvalue weighted by molar-refractivity contribution is 5.96. The zero-order valence-electron chi connectivity index (χ0n) is 82.0. The number of hydrogen-bond donors (Lipinski definition) is 1. The molecule has 4 aliphatic heterocycles. The lowest BCUT2D eigenvalue weighted by atomic mass is 9.43. The first-order chi connectivity index (χ1) is 58.7. The molecule has 0 aromatic rings. The topological polar surface area (TPSA) is 226 Å². The van der Waals surface area contributed by atoms with Crippen molar-refractivity contribution in [1.82, 2.24) is 0 Å². The predicted molar refractivity (Wildman–Crippen MR) is 485 cm³/mol. The van der Waals surface area contributed by atoms with Gasteiger partial charge in [-0.1, -0.05) is 132 Å². The molecule has 19 heteroatoms. The Balaban J connectivity index is 0.000000127. The summed E-state index contributed by atoms with van der Waals surface area (Å²) in [5.41, 5.74) is 1.55. The molecule has 126 heavy (non-hydrogen) atoms. The second-order valence-electron chi connectivity index (χ2n) is 50.8. The Labute approximate surface area is 760 Å². The Kier molecular flexibility index (Phi) is 27.0. The summed E-state index contributed by atoms with van der Waals surface area (Å²) in [4.78, 5) is 59.0. The summed E-state index contributed by atoms with van der Waals surface area (Å²) in [5.74, 6) is 9.12. The minimum atomic E-state index is -0.495. The van der Waals surface area contributed by atoms with Gasteiger partial charge < -0.3 is 66.7 Å². The molecule has 0 amide bonds. The highest BCUT2D eigenvalue weighted by Gasteiger charge is 2.76. The molecule has 0 aromatic carbocycles. The Morgan fingerprint density at radius 1 is 0.365 bits per heavy atom. The summed E-state index contributed by atoms with van der Waals surface area (Å²) in [6.45, 7) is 50.5. The largest absolute Gasteiger partial charge is 0.515 e. The van der Waals surface area contributed by atoms with Crippen LogP contribution in [-0.4, -0.2) is 170 Å². The third kappa shape index (κ3) is 15.7. The van der Waals surface area contributed by atoms with E-state index in [1.807, 2.05) is 28.4 Å². The molecule has 4 heterocycles. The van der Waals surface area contributed by atoms with Gasteiger partial charge in [-0.3, -0.25) is 24.0 Å². The Hall–Kier alpha value is -2.79. The van der Waals surface area contributed by atoms with E-state index in [0.717, 1.165) is 175 Å². The molecule has 4 saturated heterocycles. The number of ketones is 4. The smallest absolute Gasteiger partial charge is 0.293 e. The number of aliphatic hydroxyl groups excluding tert-OH is 1. The van der Waals surface area contributed by atoms with Gasteiger partial charge in [-0.25, -0.2) is 0 Å². The molecule has 0 unspecified atom stereocenters. The van der Waals surface area contributed by atoms with Gasteiger partial charge in [0.15, 0.2) is 28.9 Å². The first-order valence-electron chi connectivity index (χ1n) is 50.5. The standard InChI is InChI=1S/C26H40O5.2C26H42O4.C25H40O4.C3H6O2.CH4/c1-23(2)14-30-26(31-15-23)9-8-19-18-7-6-17-10-20(28)16(13-27)11-24(17,3)22(18)21(29-5)12-25(19,26)4;2*1-16-12-24(4)17(11-20(16)27)7-8-18-19-9-10-26(29-14-23(2,3)15-30-26)25(19,5)13-21(28-6)22(18)24;1-22(2)14-28-25(29-15-22)11-9-19-18-7-6-16-12-17(26)8-10-23(16,3)21(18)20(27-5)13-24(19,25)4;1-2-5-3-4;/h13,17-19,21-22,27H,6-12,14-15H2,1-5H3;2*16-19,21-22H,7-15H2,1-6H3;16,18-21H,6-15H2,1-5H3;3H,2H2,1H3;1H4/b16-13-;;;;;/t17-,18-,19-,21-,22+,24-,25-;16-,17+,18+,19+,21+,22-,24+,25+;16-,17-,18-,19-,21-,22+,24-,25-;16-,18-,19-,20-,21+,23-,24-;;/m0100../s1. The van der Waals surface area contributed by atoms with E-state index in [0.29, 0.717) is 144 Å². The van der Waals surface area contributed by atoms with Crippen LogP contribution in [-0.2, 0) is 85.6 Å². The Morgan fingerprint density at radius 3 is 0.913 bits per heavy atom. The zero-order chi connectivity index (χ0) is 90.1. The summed E-state index contributed by atoms with van der Waals surface area (Å²) in [7, 11) is 7.56. The van der Waals surface area contributed by atoms with Gasteiger partial charge in [-0.05, 0) is 252 Å². The molecule has 16 aliphatic carbocycles. The molecule has 20 rings (SSSR count). The van der Waals surface area contributed by atoms with Gasteiger partial charge in [-0.15, -0.1) is 0 Å². The van der Waals surface area contributed by atoms with Crippen molar-refractivity contribution in [1.29, 1.82) is 0 Å². The molecule has 20 fully saturated rings. The average Bonchev–Trinajstić information content (AvgIpc) is 1.72. The number of aliphatic hydroxyl groups is 1. The van der Waals surface area contributed by atoms with Crippen molar-refractivity contribution in [3.63, 3.8) is 0 Å². The lowest BCUT2D eigenvalue weighted by molar-refractivity contribution is -0.354. The summed E-state index contributed by atoms with van der Waals surface area (Å²) in [6.07, 6.45) is 31.6. The SMILES string of the molecule is C.CCOC=O.CO[C@H]1C[C@@]2(C)[C@@H](CCC23OCC(C)(C)CO3)[C@@H]2CC[C@H]3CC(=O)/C(=C\O)C[C@]3(C)[C@H]21.CO[C@H]1C[C@@]2(C)[C@@H](CCC23OCC(C)(C)CO3)[C@@H]2CC[C@H]3CC(=O)CC[C@]3(C)[C@H]21.CO[C@H]1C[C@@]2(C)[C@@H](CCC23OCC(C)(C)CO3)[C@@H]2CC[C@H]3CC(=O)[C@@H](C)C[C@]3(C)[C@H]21.CO[C@H]1C[C@@]2(C)[C@@H](CCC23OCC(C)(C)CO3)[C@@H]2CC[C@H]3CC(=O)[C@H](C)C[C@]3(C)[C@H]21. The van der Waals surface area contributed by atoms with Gasteiger partial charge in [0.2, 0.25) is 0 Å². The first kappa shape index (κ1) is 97.7. The third-order valence-corrected chi connectivity index (χ3v) is 41.5. The predicted octanol–water partition coefficient (Wildman–Crippen LogP) is 21.3. The number of ether oxygens (including phenoxy) is 13. The van der Waals surface area contributed by atoms with Crippen molar-refractivity contribution < 1.29 is 90.7 Å². The minimum Gasteiger partial charge on any atom is -0.515 e. The fourth-order valence-corrected chi connectivity index (χ4v) is 34.8. The van der Waals surface area contributed by atoms with Gasteiger partial charge in [0, 0.05) is 147 Å². The van der Waals surface area contributed by atoms with Crippen molar-refractivity contribution in [3.8, 4) is 0 Å². The van der Waals surface area contributed by atoms with Crippen LogP contribution in [0.5, 0.6) is 0 Å². The van der Waals surface area contributed by atoms with Crippen molar-refractivity contribution >= 4 is 29.6 Å². The number of methoxy groups -OCH3 is 4. The van der Waals surface area contributed by atoms with Crippen LogP contribution >= 0.6 is 0 Å². The quantitative estimate of drug-likeness (QED) is 0.148. The van der Waals surface area contributed by atoms with E-state index in [2.05, 4.69) is 129 Å². The highest BCUT2D eigenvalue weighted by Crippen LogP contribution is 2.76. The summed E-state index contributed by atoms with van der Waals surface area (Å²) >= 11 is 0. The van der Waals surface area contributed by atoms with Crippen molar-refractivity contribution in [2.75, 3.05) is 87.9 Å². The zero-order valence-corrected chi connectivity index (χ0v) is 82.0. The number of carbonyl (C=O) groups is 5. The molecule has 0 aromatic heterocycles. The molecule has 0 bridgehead atoms. The van der Waals surface area contributed by atoms with Crippen LogP contribution in [0.25, 0.3) is 0 Å². The van der Waals surface area contributed by atoms with Gasteiger partial charge in [0.25, 0.3) is 6.47 Å². The van der Waals surface area contributed by atoms with Crippen LogP contribution in [0.15, 0.2) is 11.8 Å². The molecular weight excluding hydrogens is 1590 g/mol. The molecule has 716 valence electrons. The number of rotatable bonds is 6. The van der Waals surface area contributed by atoms with Crippen LogP contribution in [0.4, 0.5) is 0 Å². The molecule has 19 nitrogen and oxygen atoms in total. The van der Waals surface area contributed by atoms with E-state index < -0.39 is 23.1 Å². The van der Waals surface area contributed by atoms with E-state index in [-0.39, 0.29) is 114 Å². The maximum absolute atomic E-state index is 12.5. The first-order valence-corrected chi connectivity index (χ1v) is 50.5. The third-order valence-electron chi connectivity index (χ3n) is 41.5. The normalized spacial score (nSPS) is 48.8. The number of Topliss-reactive ketones (excluding diaryl/α,β-unsaturated/α-hetero) is 4. The van der Waals surface area contributed by atoms with Crippen molar-refractivity contribution in [3.05, 3.63) is 11.8 Å². The van der Waals surface area contributed by atoms with Gasteiger partial charge in [0.1, 0.15) is 17.3 Å². The van der Waals surface area contributed by atoms with Gasteiger partial charge in [-0.2, -0.15) is 0 Å². The molecule has 0 radical (unpaired) electrons. The van der Waals surface area contributed by atoms with Crippen LogP contribution in [0.1, 0.15) is 325 Å². The van der Waals surface area contributed by atoms with Crippen LogP contribution in [0, 0.1) is 172 Å². The van der Waals surface area contributed by atoms with Gasteiger partial charge >= 0.3 is 0 Å². The Morgan fingerprint density at radius 2 is 0.643 bits per heavy atom. The summed E-state index contributed by atoms with van der Waals surface area (Å²) < 4.78 is 82.2. The second-order valence-corrected chi connectivity index (χ2v) is 50.8. The molecule has 16 saturated carbocycles. The minimum absolute atomic E-state index is 0. The number of allylic oxidation sites excluding steroid dienone is 1. The molecule has 1 N–H and O–H groups in total. The van der Waals surface area contributed by atoms with Gasteiger partial charge in [0.05, 0.1) is 90.1 Å². The maximum Gasteiger partial charge on any atom is 0.293 e. The van der Waals surface area contributed by atoms with Crippen molar-refractivity contribution in [2.24, 2.45) is 172 Å². The lowest BCUT2D eigenvalue weighted by Crippen LogP contribution is -2.64. The molecule has 30 atom stereocenters. The molecular formula is C107H174O19. The lowest BCUT2D eigenvalue weighted by Gasteiger charge is -2.64. The van der Waals surface area contributed by atoms with Crippen LogP contribution in [0.2, 0.25) is 0 Å². The van der Waals surface area contributed by atoms with E-state index in [1.54, 1.807) is 6.92 Å². The summed E-state index contributed by atoms with van der Waals surface area (Å²) in [5, 5.41) is 9.74. The van der Waals surface area contributed by atoms with E-state index in [9.17, 15) is 29.1 Å². The fraction of sp³-hybridized carbons (Fsp3) is 0.935. The maximum atomic E-state index is 12.5. The molecule has 4 spiro atoms.